The van der Waals surface area contributed by atoms with Crippen molar-refractivity contribution in [2.45, 2.75) is 19.0 Å². The van der Waals surface area contributed by atoms with Gasteiger partial charge in [-0.05, 0) is 23.6 Å². The highest BCUT2D eigenvalue weighted by Crippen LogP contribution is 2.16. The van der Waals surface area contributed by atoms with E-state index in [0.29, 0.717) is 18.5 Å². The van der Waals surface area contributed by atoms with Gasteiger partial charge in [-0.3, -0.25) is 9.59 Å². The first kappa shape index (κ1) is 24.4. The number of carbonyl (C=O) groups is 3. The van der Waals surface area contributed by atoms with Crippen LogP contribution in [0.2, 0.25) is 0 Å². The highest BCUT2D eigenvalue weighted by atomic mass is 16.5. The van der Waals surface area contributed by atoms with Crippen molar-refractivity contribution >= 4 is 17.7 Å². The highest BCUT2D eigenvalue weighted by Gasteiger charge is 2.22. The summed E-state index contributed by atoms with van der Waals surface area (Å²) >= 11 is 0. The van der Waals surface area contributed by atoms with Crippen LogP contribution in [0.15, 0.2) is 115 Å². The van der Waals surface area contributed by atoms with Gasteiger partial charge >= 0.3 is 5.97 Å². The van der Waals surface area contributed by atoms with Crippen molar-refractivity contribution in [3.8, 4) is 0 Å². The molecule has 5 nitrogen and oxygen atoms in total. The maximum atomic E-state index is 13.4. The molecule has 0 aromatic heterocycles. The Morgan fingerprint density at radius 2 is 1.32 bits per heavy atom. The number of carbonyl (C=O) groups excluding carboxylic acids is 3. The van der Waals surface area contributed by atoms with Crippen molar-refractivity contribution in [3.63, 3.8) is 0 Å². The van der Waals surface area contributed by atoms with Gasteiger partial charge in [0.15, 0.2) is 5.78 Å². The largest absolute Gasteiger partial charge is 0.466 e. The number of rotatable bonds is 10. The Hall–Kier alpha value is -4.25. The summed E-state index contributed by atoms with van der Waals surface area (Å²) in [6, 6.07) is 27.7. The lowest BCUT2D eigenvalue weighted by Gasteiger charge is -2.29. The average molecular weight is 454 g/mol. The number of ether oxygens (including phenoxy) is 1. The first-order valence-corrected chi connectivity index (χ1v) is 11.0. The number of benzene rings is 3. The van der Waals surface area contributed by atoms with Crippen LogP contribution in [0.25, 0.3) is 0 Å². The fraction of sp³-hybridized carbons (Fsp3) is 0.138. The van der Waals surface area contributed by atoms with E-state index >= 15 is 0 Å². The van der Waals surface area contributed by atoms with Crippen molar-refractivity contribution in [1.29, 1.82) is 0 Å². The SMILES string of the molecule is COC(=O)C=C[C@H](Cc1ccccc1)N(Cc1ccccc1)C(=O)C=CC(=O)c1ccccc1. The summed E-state index contributed by atoms with van der Waals surface area (Å²) in [4.78, 5) is 39.3. The summed E-state index contributed by atoms with van der Waals surface area (Å²) in [6.07, 6.45) is 6.08. The van der Waals surface area contributed by atoms with Gasteiger partial charge in [0.05, 0.1) is 13.2 Å². The predicted molar refractivity (Wildman–Crippen MR) is 132 cm³/mol. The van der Waals surface area contributed by atoms with E-state index in [4.69, 9.17) is 4.74 Å². The predicted octanol–water partition coefficient (Wildman–Crippen LogP) is 4.79. The van der Waals surface area contributed by atoms with E-state index in [1.165, 1.54) is 25.3 Å². The number of esters is 1. The number of hydrogen-bond acceptors (Lipinski definition) is 4. The Kier molecular flexibility index (Phi) is 9.11. The molecule has 3 aromatic rings. The molecule has 0 unspecified atom stereocenters. The van der Waals surface area contributed by atoms with Gasteiger partial charge in [-0.2, -0.15) is 0 Å². The molecule has 0 fully saturated rings. The second kappa shape index (κ2) is 12.7. The van der Waals surface area contributed by atoms with Crippen molar-refractivity contribution in [1.82, 2.24) is 4.90 Å². The molecule has 0 bridgehead atoms. The van der Waals surface area contributed by atoms with Gasteiger partial charge in [0.25, 0.3) is 0 Å². The number of hydrogen-bond donors (Lipinski definition) is 0. The number of ketones is 1. The van der Waals surface area contributed by atoms with Crippen LogP contribution >= 0.6 is 0 Å². The van der Waals surface area contributed by atoms with Crippen LogP contribution < -0.4 is 0 Å². The molecule has 34 heavy (non-hydrogen) atoms. The molecule has 5 heteroatoms. The zero-order chi connectivity index (χ0) is 24.2. The Balaban J connectivity index is 1.92. The van der Waals surface area contributed by atoms with E-state index in [1.807, 2.05) is 66.7 Å². The van der Waals surface area contributed by atoms with E-state index in [0.717, 1.165) is 11.1 Å². The molecular weight excluding hydrogens is 426 g/mol. The van der Waals surface area contributed by atoms with Crippen molar-refractivity contribution < 1.29 is 19.1 Å². The van der Waals surface area contributed by atoms with E-state index in [1.54, 1.807) is 35.2 Å². The minimum Gasteiger partial charge on any atom is -0.466 e. The lowest BCUT2D eigenvalue weighted by molar-refractivity contribution is -0.135. The Bertz CT molecular complexity index is 1140. The first-order chi connectivity index (χ1) is 16.6. The van der Waals surface area contributed by atoms with E-state index in [9.17, 15) is 14.4 Å². The van der Waals surface area contributed by atoms with Crippen molar-refractivity contribution in [2.24, 2.45) is 0 Å². The number of allylic oxidation sites excluding steroid dienone is 1. The summed E-state index contributed by atoms with van der Waals surface area (Å²) in [7, 11) is 1.31. The van der Waals surface area contributed by atoms with Crippen LogP contribution in [0, 0.1) is 0 Å². The third-order valence-corrected chi connectivity index (χ3v) is 5.26. The summed E-state index contributed by atoms with van der Waals surface area (Å²) in [5.41, 5.74) is 2.45. The molecular formula is C29H27NO4. The molecule has 0 saturated heterocycles. The average Bonchev–Trinajstić information content (AvgIpc) is 2.89. The molecule has 0 radical (unpaired) electrons. The molecule has 0 heterocycles. The first-order valence-electron chi connectivity index (χ1n) is 11.0. The molecule has 1 atom stereocenters. The van der Waals surface area contributed by atoms with Crippen molar-refractivity contribution in [2.75, 3.05) is 7.11 Å². The fourth-order valence-corrected chi connectivity index (χ4v) is 3.48. The van der Waals surface area contributed by atoms with Crippen LogP contribution in [0.5, 0.6) is 0 Å². The summed E-state index contributed by atoms with van der Waals surface area (Å²) in [5, 5.41) is 0. The van der Waals surface area contributed by atoms with Gasteiger partial charge in [0.2, 0.25) is 5.91 Å². The summed E-state index contributed by atoms with van der Waals surface area (Å²) in [6.45, 7) is 0.312. The van der Waals surface area contributed by atoms with E-state index < -0.39 is 12.0 Å². The zero-order valence-electron chi connectivity index (χ0n) is 19.0. The number of nitrogens with zero attached hydrogens (tertiary/aromatic N) is 1. The molecule has 0 aliphatic carbocycles. The summed E-state index contributed by atoms with van der Waals surface area (Å²) < 4.78 is 4.75. The highest BCUT2D eigenvalue weighted by molar-refractivity contribution is 6.07. The summed E-state index contributed by atoms with van der Waals surface area (Å²) in [5.74, 6) is -1.08. The smallest absolute Gasteiger partial charge is 0.330 e. The van der Waals surface area contributed by atoms with Gasteiger partial charge in [0.1, 0.15) is 0 Å². The Morgan fingerprint density at radius 3 is 1.91 bits per heavy atom. The molecule has 0 aliphatic heterocycles. The molecule has 3 rings (SSSR count). The van der Waals surface area contributed by atoms with E-state index in [-0.39, 0.29) is 11.7 Å². The van der Waals surface area contributed by atoms with Gasteiger partial charge in [-0.25, -0.2) is 4.79 Å². The molecule has 0 aliphatic rings. The molecule has 0 saturated carbocycles. The number of methoxy groups -OCH3 is 1. The molecule has 3 aromatic carbocycles. The topological polar surface area (TPSA) is 63.7 Å². The Morgan fingerprint density at radius 1 is 0.765 bits per heavy atom. The monoisotopic (exact) mass is 453 g/mol. The van der Waals surface area contributed by atoms with E-state index in [2.05, 4.69) is 0 Å². The second-order valence-electron chi connectivity index (χ2n) is 7.65. The van der Waals surface area contributed by atoms with Gasteiger partial charge in [-0.1, -0.05) is 97.1 Å². The van der Waals surface area contributed by atoms with Gasteiger partial charge in [0, 0.05) is 24.3 Å². The second-order valence-corrected chi connectivity index (χ2v) is 7.65. The van der Waals surface area contributed by atoms with Crippen LogP contribution in [-0.4, -0.2) is 35.7 Å². The lowest BCUT2D eigenvalue weighted by atomic mass is 10.0. The third kappa shape index (κ3) is 7.41. The van der Waals surface area contributed by atoms with Crippen LogP contribution in [-0.2, 0) is 27.3 Å². The standard InChI is InChI=1S/C29H27NO4/c1-34-29(33)20-17-26(21-23-11-5-2-6-12-23)30(22-24-13-7-3-8-14-24)28(32)19-18-27(31)25-15-9-4-10-16-25/h2-20,26H,21-22H2,1H3/t26-/m1/s1. The maximum Gasteiger partial charge on any atom is 0.330 e. The van der Waals surface area contributed by atoms with Gasteiger partial charge < -0.3 is 9.64 Å². The minimum absolute atomic E-state index is 0.252. The molecule has 172 valence electrons. The molecule has 0 spiro atoms. The molecule has 1 amide bonds. The minimum atomic E-state index is -0.500. The fourth-order valence-electron chi connectivity index (χ4n) is 3.48. The normalized spacial score (nSPS) is 11.9. The van der Waals surface area contributed by atoms with Crippen LogP contribution in [0.4, 0.5) is 0 Å². The van der Waals surface area contributed by atoms with Gasteiger partial charge in [-0.15, -0.1) is 0 Å². The van der Waals surface area contributed by atoms with Crippen LogP contribution in [0.3, 0.4) is 0 Å². The third-order valence-electron chi connectivity index (χ3n) is 5.26. The van der Waals surface area contributed by atoms with Crippen molar-refractivity contribution in [3.05, 3.63) is 132 Å². The zero-order valence-corrected chi connectivity index (χ0v) is 19.0. The maximum absolute atomic E-state index is 13.4. The van der Waals surface area contributed by atoms with Crippen LogP contribution in [0.1, 0.15) is 21.5 Å². The number of amides is 1. The lowest BCUT2D eigenvalue weighted by Crippen LogP contribution is -2.39. The Labute approximate surface area is 200 Å². The molecule has 0 N–H and O–H groups in total. The quantitative estimate of drug-likeness (QED) is 0.251.